The number of carbonyl (C=O) groups is 1. The van der Waals surface area contributed by atoms with Gasteiger partial charge in [-0.05, 0) is 36.2 Å². The topological polar surface area (TPSA) is 33.2 Å². The summed E-state index contributed by atoms with van der Waals surface area (Å²) in [5.41, 5.74) is 3.43. The molecule has 0 aliphatic rings. The number of carbonyl (C=O) groups excluding carboxylic acids is 1. The third-order valence-corrected chi connectivity index (χ3v) is 3.77. The van der Waals surface area contributed by atoms with Crippen molar-refractivity contribution in [2.24, 2.45) is 0 Å². The molecule has 0 atom stereocenters. The fourth-order valence-corrected chi connectivity index (χ4v) is 2.63. The molecule has 0 N–H and O–H groups in total. The van der Waals surface area contributed by atoms with Crippen molar-refractivity contribution in [3.8, 4) is 11.1 Å². The maximum atomic E-state index is 13.1. The lowest BCUT2D eigenvalue weighted by molar-refractivity contribution is 0.0988. The van der Waals surface area contributed by atoms with Crippen molar-refractivity contribution in [3.63, 3.8) is 0 Å². The first-order valence-corrected chi connectivity index (χ1v) is 7.67. The molecule has 1 aromatic heterocycles. The fourth-order valence-electron chi connectivity index (χ4n) is 2.63. The molecule has 3 rings (SSSR count). The normalized spacial score (nSPS) is 10.3. The van der Waals surface area contributed by atoms with Gasteiger partial charge in [-0.25, -0.2) is 0 Å². The maximum Gasteiger partial charge on any atom is 0.260 e. The first-order chi connectivity index (χ1) is 11.3. The van der Waals surface area contributed by atoms with E-state index < -0.39 is 0 Å². The molecule has 2 aromatic carbocycles. The molecule has 1 heterocycles. The van der Waals surface area contributed by atoms with Gasteiger partial charge in [-0.3, -0.25) is 9.78 Å². The Morgan fingerprint density at radius 3 is 2.26 bits per heavy atom. The SMILES string of the molecule is CCN(C(=O)c1cnccc1-c1ccccc1)c1ccccc1. The molecule has 0 fully saturated rings. The number of amides is 1. The first-order valence-electron chi connectivity index (χ1n) is 7.67. The van der Waals surface area contributed by atoms with Crippen LogP contribution >= 0.6 is 0 Å². The van der Waals surface area contributed by atoms with E-state index in [9.17, 15) is 4.79 Å². The average molecular weight is 302 g/mol. The highest BCUT2D eigenvalue weighted by Crippen LogP contribution is 2.25. The van der Waals surface area contributed by atoms with Gasteiger partial charge >= 0.3 is 0 Å². The molecular formula is C20H18N2O. The molecule has 0 bridgehead atoms. The molecule has 0 aliphatic heterocycles. The lowest BCUT2D eigenvalue weighted by Crippen LogP contribution is -2.31. The largest absolute Gasteiger partial charge is 0.309 e. The van der Waals surface area contributed by atoms with Gasteiger partial charge in [0.1, 0.15) is 0 Å². The smallest absolute Gasteiger partial charge is 0.260 e. The van der Waals surface area contributed by atoms with Crippen LogP contribution < -0.4 is 4.90 Å². The van der Waals surface area contributed by atoms with Crippen molar-refractivity contribution in [2.75, 3.05) is 11.4 Å². The van der Waals surface area contributed by atoms with E-state index in [-0.39, 0.29) is 5.91 Å². The Kier molecular flexibility index (Phi) is 4.48. The molecule has 3 aromatic rings. The summed E-state index contributed by atoms with van der Waals surface area (Å²) in [4.78, 5) is 19.0. The molecule has 3 nitrogen and oxygen atoms in total. The Hall–Kier alpha value is -2.94. The van der Waals surface area contributed by atoms with Crippen molar-refractivity contribution in [3.05, 3.63) is 84.7 Å². The monoisotopic (exact) mass is 302 g/mol. The Morgan fingerprint density at radius 1 is 0.957 bits per heavy atom. The van der Waals surface area contributed by atoms with Crippen molar-refractivity contribution in [2.45, 2.75) is 6.92 Å². The van der Waals surface area contributed by atoms with Gasteiger partial charge in [0.25, 0.3) is 5.91 Å². The van der Waals surface area contributed by atoms with Crippen molar-refractivity contribution < 1.29 is 4.79 Å². The summed E-state index contributed by atoms with van der Waals surface area (Å²) in [5.74, 6) is -0.0364. The van der Waals surface area contributed by atoms with Gasteiger partial charge in [-0.1, -0.05) is 48.5 Å². The molecule has 0 spiro atoms. The van der Waals surface area contributed by atoms with Crippen LogP contribution in [0, 0.1) is 0 Å². The average Bonchev–Trinajstić information content (AvgIpc) is 2.64. The minimum atomic E-state index is -0.0364. The van der Waals surface area contributed by atoms with E-state index in [1.165, 1.54) is 0 Å². The van der Waals surface area contributed by atoms with Crippen LogP contribution in [-0.2, 0) is 0 Å². The minimum Gasteiger partial charge on any atom is -0.309 e. The highest BCUT2D eigenvalue weighted by atomic mass is 16.2. The summed E-state index contributed by atoms with van der Waals surface area (Å²) >= 11 is 0. The quantitative estimate of drug-likeness (QED) is 0.715. The van der Waals surface area contributed by atoms with Crippen LogP contribution in [0.1, 0.15) is 17.3 Å². The van der Waals surface area contributed by atoms with Crippen LogP contribution in [0.5, 0.6) is 0 Å². The minimum absolute atomic E-state index is 0.0364. The Bertz CT molecular complexity index is 785. The molecule has 0 saturated heterocycles. The zero-order chi connectivity index (χ0) is 16.1. The van der Waals surface area contributed by atoms with E-state index in [2.05, 4.69) is 4.98 Å². The predicted octanol–water partition coefficient (Wildman–Crippen LogP) is 4.42. The lowest BCUT2D eigenvalue weighted by Gasteiger charge is -2.22. The summed E-state index contributed by atoms with van der Waals surface area (Å²) in [6, 6.07) is 21.5. The van der Waals surface area contributed by atoms with E-state index in [0.29, 0.717) is 12.1 Å². The first kappa shape index (κ1) is 15.0. The second kappa shape index (κ2) is 6.88. The molecular weight excluding hydrogens is 284 g/mol. The molecule has 114 valence electrons. The summed E-state index contributed by atoms with van der Waals surface area (Å²) in [7, 11) is 0. The van der Waals surface area contributed by atoms with E-state index in [1.807, 2.05) is 73.7 Å². The van der Waals surface area contributed by atoms with E-state index in [1.54, 1.807) is 17.3 Å². The van der Waals surface area contributed by atoms with Crippen molar-refractivity contribution in [1.29, 1.82) is 0 Å². The number of para-hydroxylation sites is 1. The van der Waals surface area contributed by atoms with Crippen molar-refractivity contribution in [1.82, 2.24) is 4.98 Å². The number of aromatic nitrogens is 1. The number of nitrogens with zero attached hydrogens (tertiary/aromatic N) is 2. The number of rotatable bonds is 4. The highest BCUT2D eigenvalue weighted by Gasteiger charge is 2.19. The van der Waals surface area contributed by atoms with Gasteiger partial charge in [-0.2, -0.15) is 0 Å². The molecule has 0 saturated carbocycles. The van der Waals surface area contributed by atoms with Crippen LogP contribution in [0.2, 0.25) is 0 Å². The summed E-state index contributed by atoms with van der Waals surface area (Å²) in [6.07, 6.45) is 3.37. The molecule has 0 unspecified atom stereocenters. The molecule has 0 radical (unpaired) electrons. The number of benzene rings is 2. The zero-order valence-electron chi connectivity index (χ0n) is 13.0. The van der Waals surface area contributed by atoms with Gasteiger partial charge in [0.05, 0.1) is 5.56 Å². The summed E-state index contributed by atoms with van der Waals surface area (Å²) in [5, 5.41) is 0. The Balaban J connectivity index is 2.03. The molecule has 3 heteroatoms. The van der Waals surface area contributed by atoms with Crippen molar-refractivity contribution >= 4 is 11.6 Å². The molecule has 0 aliphatic carbocycles. The molecule has 1 amide bonds. The summed E-state index contributed by atoms with van der Waals surface area (Å²) < 4.78 is 0. The van der Waals surface area contributed by atoms with Crippen LogP contribution in [-0.4, -0.2) is 17.4 Å². The van der Waals surface area contributed by atoms with E-state index in [0.717, 1.165) is 16.8 Å². The summed E-state index contributed by atoms with van der Waals surface area (Å²) in [6.45, 7) is 2.58. The fraction of sp³-hybridized carbons (Fsp3) is 0.100. The zero-order valence-corrected chi connectivity index (χ0v) is 13.0. The van der Waals surface area contributed by atoms with Crippen LogP contribution in [0.15, 0.2) is 79.1 Å². The maximum absolute atomic E-state index is 13.1. The molecule has 23 heavy (non-hydrogen) atoms. The second-order valence-corrected chi connectivity index (χ2v) is 5.17. The number of hydrogen-bond acceptors (Lipinski definition) is 2. The predicted molar refractivity (Wildman–Crippen MR) is 93.5 cm³/mol. The number of anilines is 1. The van der Waals surface area contributed by atoms with Gasteiger partial charge < -0.3 is 4.90 Å². The highest BCUT2D eigenvalue weighted by molar-refractivity contribution is 6.09. The van der Waals surface area contributed by atoms with Crippen LogP contribution in [0.3, 0.4) is 0 Å². The van der Waals surface area contributed by atoms with Gasteiger partial charge in [0, 0.05) is 24.6 Å². The number of hydrogen-bond donors (Lipinski definition) is 0. The van der Waals surface area contributed by atoms with Crippen LogP contribution in [0.25, 0.3) is 11.1 Å². The Morgan fingerprint density at radius 2 is 1.61 bits per heavy atom. The van der Waals surface area contributed by atoms with Gasteiger partial charge in [0.15, 0.2) is 0 Å². The standard InChI is InChI=1S/C20H18N2O/c1-2-22(17-11-7-4-8-12-17)20(23)19-15-21-14-13-18(19)16-9-5-3-6-10-16/h3-15H,2H2,1H3. The third kappa shape index (κ3) is 3.14. The second-order valence-electron chi connectivity index (χ2n) is 5.17. The third-order valence-electron chi connectivity index (χ3n) is 3.77. The number of pyridine rings is 1. The Labute approximate surface area is 136 Å². The lowest BCUT2D eigenvalue weighted by atomic mass is 10.0. The van der Waals surface area contributed by atoms with Gasteiger partial charge in [0.2, 0.25) is 0 Å². The van der Waals surface area contributed by atoms with Gasteiger partial charge in [-0.15, -0.1) is 0 Å². The van der Waals surface area contributed by atoms with E-state index in [4.69, 9.17) is 0 Å². The van der Waals surface area contributed by atoms with Crippen LogP contribution in [0.4, 0.5) is 5.69 Å². The van der Waals surface area contributed by atoms with E-state index >= 15 is 0 Å².